The second-order valence-corrected chi connectivity index (χ2v) is 4.30. The van der Waals surface area contributed by atoms with E-state index in [2.05, 4.69) is 5.32 Å². The van der Waals surface area contributed by atoms with E-state index in [-0.39, 0.29) is 11.9 Å². The normalized spacial score (nSPS) is 30.4. The number of likely N-dealkylation sites (N-methyl/N-ethyl adjacent to an activating group) is 1. The molecule has 0 spiro atoms. The molecule has 3 heteroatoms. The van der Waals surface area contributed by atoms with Crippen molar-refractivity contribution < 1.29 is 4.79 Å². The Kier molecular flexibility index (Phi) is 2.54. The molecule has 1 amide bonds. The van der Waals surface area contributed by atoms with Crippen molar-refractivity contribution in [1.82, 2.24) is 10.2 Å². The summed E-state index contributed by atoms with van der Waals surface area (Å²) in [6, 6.07) is 0.115. The Labute approximate surface area is 79.5 Å². The van der Waals surface area contributed by atoms with Gasteiger partial charge in [0.25, 0.3) is 0 Å². The number of piperazine rings is 1. The molecule has 1 saturated carbocycles. The lowest BCUT2D eigenvalue weighted by molar-refractivity contribution is -0.134. The van der Waals surface area contributed by atoms with Crippen molar-refractivity contribution in [1.29, 1.82) is 0 Å². The Hall–Kier alpha value is -0.570. The molecule has 0 aromatic carbocycles. The fourth-order valence-electron chi connectivity index (χ4n) is 2.12. The molecule has 1 atom stereocenters. The van der Waals surface area contributed by atoms with Crippen LogP contribution in [0.1, 0.15) is 25.7 Å². The molecule has 1 N–H and O–H groups in total. The highest BCUT2D eigenvalue weighted by molar-refractivity contribution is 5.82. The Morgan fingerprint density at radius 1 is 1.54 bits per heavy atom. The summed E-state index contributed by atoms with van der Waals surface area (Å²) in [5, 5.41) is 3.31. The zero-order valence-corrected chi connectivity index (χ0v) is 8.25. The number of carbonyl (C=O) groups is 1. The Balaban J connectivity index is 1.85. The van der Waals surface area contributed by atoms with Gasteiger partial charge < -0.3 is 10.2 Å². The molecule has 2 aliphatic rings. The van der Waals surface area contributed by atoms with Gasteiger partial charge in [0.1, 0.15) is 0 Å². The van der Waals surface area contributed by atoms with Gasteiger partial charge >= 0.3 is 0 Å². The number of carbonyl (C=O) groups excluding carboxylic acids is 1. The molecule has 1 unspecified atom stereocenters. The lowest BCUT2D eigenvalue weighted by Gasteiger charge is -2.35. The highest BCUT2D eigenvalue weighted by atomic mass is 16.2. The van der Waals surface area contributed by atoms with Crippen LogP contribution in [0.25, 0.3) is 0 Å². The van der Waals surface area contributed by atoms with Gasteiger partial charge in [0.15, 0.2) is 0 Å². The number of rotatable bonds is 2. The van der Waals surface area contributed by atoms with Crippen LogP contribution in [0, 0.1) is 5.92 Å². The van der Waals surface area contributed by atoms with E-state index in [0.717, 1.165) is 25.4 Å². The molecule has 3 nitrogen and oxygen atoms in total. The number of amides is 1. The fraction of sp³-hybridized carbons (Fsp3) is 0.900. The van der Waals surface area contributed by atoms with Crippen LogP contribution < -0.4 is 5.32 Å². The Bertz CT molecular complexity index is 201. The van der Waals surface area contributed by atoms with E-state index >= 15 is 0 Å². The van der Waals surface area contributed by atoms with Crippen molar-refractivity contribution in [2.24, 2.45) is 5.92 Å². The zero-order chi connectivity index (χ0) is 9.26. The van der Waals surface area contributed by atoms with Gasteiger partial charge in [0.05, 0.1) is 6.04 Å². The highest BCUT2D eigenvalue weighted by Gasteiger charge is 2.30. The Morgan fingerprint density at radius 3 is 2.92 bits per heavy atom. The predicted octanol–water partition coefficient (Wildman–Crippen LogP) is 0.607. The van der Waals surface area contributed by atoms with Crippen LogP contribution >= 0.6 is 0 Å². The van der Waals surface area contributed by atoms with Crippen LogP contribution in [0.5, 0.6) is 0 Å². The van der Waals surface area contributed by atoms with E-state index in [1.807, 2.05) is 11.9 Å². The van der Waals surface area contributed by atoms with Gasteiger partial charge in [0.2, 0.25) is 5.91 Å². The first-order valence-corrected chi connectivity index (χ1v) is 5.26. The summed E-state index contributed by atoms with van der Waals surface area (Å²) in [5.74, 6) is 1.10. The third-order valence-electron chi connectivity index (χ3n) is 3.31. The van der Waals surface area contributed by atoms with Crippen molar-refractivity contribution in [2.75, 3.05) is 20.1 Å². The van der Waals surface area contributed by atoms with E-state index in [0.29, 0.717) is 0 Å². The standard InChI is InChI=1S/C10H18N2O/c1-12-6-5-11-9(10(12)13)7-8-3-2-4-8/h8-9,11H,2-7H2,1H3. The highest BCUT2D eigenvalue weighted by Crippen LogP contribution is 2.30. The average Bonchev–Trinajstić information content (AvgIpc) is 2.04. The maximum atomic E-state index is 11.7. The van der Waals surface area contributed by atoms with Gasteiger partial charge in [-0.2, -0.15) is 0 Å². The lowest BCUT2D eigenvalue weighted by Crippen LogP contribution is -2.54. The molecule has 1 heterocycles. The first kappa shape index (κ1) is 9.00. The molecule has 0 bridgehead atoms. The minimum absolute atomic E-state index is 0.115. The van der Waals surface area contributed by atoms with Crippen LogP contribution in [0.2, 0.25) is 0 Å². The molecule has 1 aliphatic heterocycles. The van der Waals surface area contributed by atoms with E-state index in [4.69, 9.17) is 0 Å². The van der Waals surface area contributed by atoms with Crippen molar-refractivity contribution in [3.63, 3.8) is 0 Å². The van der Waals surface area contributed by atoms with E-state index in [1.54, 1.807) is 0 Å². The SMILES string of the molecule is CN1CCNC(CC2CCC2)C1=O. The number of hydrogen-bond acceptors (Lipinski definition) is 2. The Morgan fingerprint density at radius 2 is 2.31 bits per heavy atom. The smallest absolute Gasteiger partial charge is 0.239 e. The van der Waals surface area contributed by atoms with Gasteiger partial charge in [0, 0.05) is 20.1 Å². The van der Waals surface area contributed by atoms with Crippen molar-refractivity contribution >= 4 is 5.91 Å². The monoisotopic (exact) mass is 182 g/mol. The summed E-state index contributed by atoms with van der Waals surface area (Å²) in [6.45, 7) is 1.82. The van der Waals surface area contributed by atoms with Gasteiger partial charge in [-0.25, -0.2) is 0 Å². The molecule has 74 valence electrons. The second kappa shape index (κ2) is 3.66. The van der Waals surface area contributed by atoms with Gasteiger partial charge in [-0.3, -0.25) is 4.79 Å². The largest absolute Gasteiger partial charge is 0.343 e. The molecule has 0 aromatic rings. The third kappa shape index (κ3) is 1.85. The molecule has 0 radical (unpaired) electrons. The molecule has 1 aliphatic carbocycles. The first-order chi connectivity index (χ1) is 6.27. The summed E-state index contributed by atoms with van der Waals surface area (Å²) < 4.78 is 0. The van der Waals surface area contributed by atoms with Crippen molar-refractivity contribution in [2.45, 2.75) is 31.7 Å². The van der Waals surface area contributed by atoms with E-state index in [1.165, 1.54) is 19.3 Å². The molecule has 0 aromatic heterocycles. The molecule has 2 rings (SSSR count). The maximum absolute atomic E-state index is 11.7. The van der Waals surface area contributed by atoms with Crippen LogP contribution in [0.15, 0.2) is 0 Å². The quantitative estimate of drug-likeness (QED) is 0.678. The first-order valence-electron chi connectivity index (χ1n) is 5.26. The minimum Gasteiger partial charge on any atom is -0.343 e. The van der Waals surface area contributed by atoms with E-state index in [9.17, 15) is 4.79 Å². The summed E-state index contributed by atoms with van der Waals surface area (Å²) in [4.78, 5) is 13.5. The summed E-state index contributed by atoms with van der Waals surface area (Å²) >= 11 is 0. The second-order valence-electron chi connectivity index (χ2n) is 4.30. The number of nitrogens with zero attached hydrogens (tertiary/aromatic N) is 1. The molecular weight excluding hydrogens is 164 g/mol. The molecule has 1 saturated heterocycles. The van der Waals surface area contributed by atoms with Gasteiger partial charge in [-0.05, 0) is 12.3 Å². The molecule has 2 fully saturated rings. The third-order valence-corrected chi connectivity index (χ3v) is 3.31. The summed E-state index contributed by atoms with van der Waals surface area (Å²) in [5.41, 5.74) is 0. The van der Waals surface area contributed by atoms with Gasteiger partial charge in [-0.1, -0.05) is 19.3 Å². The van der Waals surface area contributed by atoms with E-state index < -0.39 is 0 Å². The number of hydrogen-bond donors (Lipinski definition) is 1. The summed E-state index contributed by atoms with van der Waals surface area (Å²) in [7, 11) is 1.90. The molecule has 13 heavy (non-hydrogen) atoms. The van der Waals surface area contributed by atoms with Gasteiger partial charge in [-0.15, -0.1) is 0 Å². The molecular formula is C10H18N2O. The number of nitrogens with one attached hydrogen (secondary N) is 1. The summed E-state index contributed by atoms with van der Waals surface area (Å²) in [6.07, 6.45) is 5.08. The van der Waals surface area contributed by atoms with Crippen molar-refractivity contribution in [3.8, 4) is 0 Å². The predicted molar refractivity (Wildman–Crippen MR) is 51.4 cm³/mol. The zero-order valence-electron chi connectivity index (χ0n) is 8.25. The van der Waals surface area contributed by atoms with Crippen LogP contribution in [-0.2, 0) is 4.79 Å². The topological polar surface area (TPSA) is 32.3 Å². The maximum Gasteiger partial charge on any atom is 0.239 e. The van der Waals surface area contributed by atoms with Crippen molar-refractivity contribution in [3.05, 3.63) is 0 Å². The van der Waals surface area contributed by atoms with Crippen LogP contribution in [-0.4, -0.2) is 37.0 Å². The fourth-order valence-corrected chi connectivity index (χ4v) is 2.12. The lowest BCUT2D eigenvalue weighted by atomic mass is 9.80. The van der Waals surface area contributed by atoms with Crippen LogP contribution in [0.3, 0.4) is 0 Å². The average molecular weight is 182 g/mol. The minimum atomic E-state index is 0.115. The van der Waals surface area contributed by atoms with Crippen LogP contribution in [0.4, 0.5) is 0 Å².